The number of aliphatic hydroxyl groups is 1. The molecule has 2 rings (SSSR count). The highest BCUT2D eigenvalue weighted by atomic mass is 32.5. The number of hydrogen-bond acceptors (Lipinski definition) is 8. The molecule has 0 bridgehead atoms. The van der Waals surface area contributed by atoms with E-state index in [4.69, 9.17) is 39.8 Å². The Morgan fingerprint density at radius 3 is 2.36 bits per heavy atom. The molecule has 0 aliphatic carbocycles. The molecule has 10 heteroatoms. The molecule has 2 heterocycles. The van der Waals surface area contributed by atoms with E-state index in [9.17, 15) is 10.00 Å². The molecule has 8 atom stereocenters. The fraction of sp³-hybridized carbons (Fsp3) is 1.00. The molecule has 28 heavy (non-hydrogen) atoms. The third-order valence-corrected chi connectivity index (χ3v) is 6.22. The molecular weight excluding hydrogens is 407 g/mol. The SMILES string of the molecule is CC(C)OC[C@H]1O[C@@H](C)[C@@H](O)C1OP(O)(=S)OC[C@H]1O[C@@H](C)CC1OC(C)C. The van der Waals surface area contributed by atoms with Crippen LogP contribution >= 0.6 is 6.72 Å². The smallest absolute Gasteiger partial charge is 0.325 e. The summed E-state index contributed by atoms with van der Waals surface area (Å²) in [7, 11) is 0. The van der Waals surface area contributed by atoms with Crippen molar-refractivity contribution in [1.82, 2.24) is 0 Å². The normalized spacial score (nSPS) is 38.4. The summed E-state index contributed by atoms with van der Waals surface area (Å²) in [6.45, 7) is 8.10. The highest BCUT2D eigenvalue weighted by molar-refractivity contribution is 8.07. The van der Waals surface area contributed by atoms with Crippen LogP contribution in [-0.4, -0.2) is 78.1 Å². The van der Waals surface area contributed by atoms with Crippen LogP contribution in [0.25, 0.3) is 0 Å². The van der Waals surface area contributed by atoms with Gasteiger partial charge in [-0.05, 0) is 53.3 Å². The molecule has 2 aliphatic rings. The van der Waals surface area contributed by atoms with Gasteiger partial charge in [0.05, 0.1) is 43.7 Å². The second-order valence-electron chi connectivity index (χ2n) is 8.03. The van der Waals surface area contributed by atoms with Crippen molar-refractivity contribution in [3.8, 4) is 0 Å². The Morgan fingerprint density at radius 1 is 1.07 bits per heavy atom. The summed E-state index contributed by atoms with van der Waals surface area (Å²) in [6, 6.07) is 0. The second kappa shape index (κ2) is 10.6. The van der Waals surface area contributed by atoms with Gasteiger partial charge < -0.3 is 33.5 Å². The summed E-state index contributed by atoms with van der Waals surface area (Å²) in [6.07, 6.45) is -2.35. The van der Waals surface area contributed by atoms with Crippen LogP contribution in [-0.2, 0) is 39.8 Å². The number of hydrogen-bond donors (Lipinski definition) is 2. The van der Waals surface area contributed by atoms with Crippen LogP contribution in [0.3, 0.4) is 0 Å². The van der Waals surface area contributed by atoms with E-state index in [1.165, 1.54) is 0 Å². The average Bonchev–Trinajstić information content (AvgIpc) is 3.04. The van der Waals surface area contributed by atoms with Crippen LogP contribution < -0.4 is 0 Å². The van der Waals surface area contributed by atoms with E-state index in [1.54, 1.807) is 6.92 Å². The molecule has 2 saturated heterocycles. The van der Waals surface area contributed by atoms with E-state index < -0.39 is 31.1 Å². The molecule has 0 amide bonds. The Labute approximate surface area is 173 Å². The molecule has 3 unspecified atom stereocenters. The quantitative estimate of drug-likeness (QED) is 0.493. The third kappa shape index (κ3) is 7.23. The average molecular weight is 443 g/mol. The van der Waals surface area contributed by atoms with Gasteiger partial charge in [-0.3, -0.25) is 4.52 Å². The topological polar surface area (TPSA) is 95.8 Å². The van der Waals surface area contributed by atoms with Crippen LogP contribution in [0.4, 0.5) is 0 Å². The maximum absolute atomic E-state index is 10.5. The molecule has 0 radical (unpaired) electrons. The summed E-state index contributed by atoms with van der Waals surface area (Å²) in [5, 5.41) is 10.4. The van der Waals surface area contributed by atoms with E-state index >= 15 is 0 Å². The van der Waals surface area contributed by atoms with Crippen LogP contribution in [0.15, 0.2) is 0 Å². The lowest BCUT2D eigenvalue weighted by molar-refractivity contribution is -0.0670. The first kappa shape index (κ1) is 24.6. The lowest BCUT2D eigenvalue weighted by Gasteiger charge is -2.27. The second-order valence-corrected chi connectivity index (χ2v) is 10.8. The monoisotopic (exact) mass is 442 g/mol. The molecule has 0 aromatic rings. The Morgan fingerprint density at radius 2 is 1.75 bits per heavy atom. The van der Waals surface area contributed by atoms with E-state index in [-0.39, 0.29) is 43.7 Å². The zero-order valence-electron chi connectivity index (χ0n) is 17.5. The third-order valence-electron chi connectivity index (χ3n) is 4.66. The van der Waals surface area contributed by atoms with Gasteiger partial charge in [0.1, 0.15) is 24.4 Å². The molecule has 2 fully saturated rings. The molecule has 166 valence electrons. The van der Waals surface area contributed by atoms with Gasteiger partial charge in [0.25, 0.3) is 0 Å². The molecule has 0 aromatic carbocycles. The van der Waals surface area contributed by atoms with Gasteiger partial charge in [0.15, 0.2) is 0 Å². The van der Waals surface area contributed by atoms with Crippen molar-refractivity contribution in [2.24, 2.45) is 0 Å². The van der Waals surface area contributed by atoms with E-state index in [1.807, 2.05) is 34.6 Å². The van der Waals surface area contributed by atoms with Crippen molar-refractivity contribution in [1.29, 1.82) is 0 Å². The maximum atomic E-state index is 10.5. The Bertz CT molecular complexity index is 534. The summed E-state index contributed by atoms with van der Waals surface area (Å²) >= 11 is 5.17. The van der Waals surface area contributed by atoms with Crippen LogP contribution in [0.1, 0.15) is 48.0 Å². The zero-order chi connectivity index (χ0) is 21.1. The predicted octanol–water partition coefficient (Wildman–Crippen LogP) is 2.15. The first-order chi connectivity index (χ1) is 13.0. The first-order valence-corrected chi connectivity index (χ1v) is 12.5. The highest BCUT2D eigenvalue weighted by Gasteiger charge is 2.45. The van der Waals surface area contributed by atoms with Crippen molar-refractivity contribution in [3.63, 3.8) is 0 Å². The van der Waals surface area contributed by atoms with Crippen molar-refractivity contribution in [3.05, 3.63) is 0 Å². The van der Waals surface area contributed by atoms with Gasteiger partial charge >= 0.3 is 6.72 Å². The summed E-state index contributed by atoms with van der Waals surface area (Å²) in [4.78, 5) is 10.5. The number of ether oxygens (including phenoxy) is 4. The van der Waals surface area contributed by atoms with Crippen LogP contribution in [0.2, 0.25) is 0 Å². The maximum Gasteiger partial charge on any atom is 0.325 e. The molecule has 0 saturated carbocycles. The van der Waals surface area contributed by atoms with Crippen molar-refractivity contribution >= 4 is 18.5 Å². The van der Waals surface area contributed by atoms with E-state index in [0.29, 0.717) is 0 Å². The first-order valence-electron chi connectivity index (χ1n) is 9.90. The van der Waals surface area contributed by atoms with Gasteiger partial charge in [-0.2, -0.15) is 0 Å². The minimum absolute atomic E-state index is 0.00475. The van der Waals surface area contributed by atoms with E-state index in [0.717, 1.165) is 6.42 Å². The van der Waals surface area contributed by atoms with Gasteiger partial charge in [0, 0.05) is 6.42 Å². The fourth-order valence-corrected chi connectivity index (χ4v) is 4.83. The van der Waals surface area contributed by atoms with Crippen LogP contribution in [0.5, 0.6) is 0 Å². The Hall–Kier alpha value is 0.330. The molecule has 2 N–H and O–H groups in total. The van der Waals surface area contributed by atoms with E-state index in [2.05, 4.69) is 0 Å². The summed E-state index contributed by atoms with van der Waals surface area (Å²) < 4.78 is 34.1. The van der Waals surface area contributed by atoms with Crippen molar-refractivity contribution in [2.75, 3.05) is 13.2 Å². The predicted molar refractivity (Wildman–Crippen MR) is 108 cm³/mol. The van der Waals surface area contributed by atoms with Crippen molar-refractivity contribution < 1.29 is 38.0 Å². The fourth-order valence-electron chi connectivity index (χ4n) is 3.38. The zero-order valence-corrected chi connectivity index (χ0v) is 19.2. The summed E-state index contributed by atoms with van der Waals surface area (Å²) in [5.74, 6) is 0. The lowest BCUT2D eigenvalue weighted by atomic mass is 10.1. The van der Waals surface area contributed by atoms with Crippen LogP contribution in [0, 0.1) is 0 Å². The van der Waals surface area contributed by atoms with Gasteiger partial charge in [-0.15, -0.1) is 0 Å². The standard InChI is InChI=1S/C18H35O8PS/c1-10(2)21-8-16-18(17(19)13(6)25-16)26-27(20,28)22-9-15-14(23-11(3)4)7-12(5)24-15/h10-19H,7-9H2,1-6H3,(H,20,28)/t12-,13-,14?,15+,16+,17+,18?,27?/m0/s1. The molecule has 8 nitrogen and oxygen atoms in total. The summed E-state index contributed by atoms with van der Waals surface area (Å²) in [5.41, 5.74) is 0. The van der Waals surface area contributed by atoms with Gasteiger partial charge in [-0.25, -0.2) is 0 Å². The molecule has 0 aromatic heterocycles. The number of aliphatic hydroxyl groups excluding tert-OH is 1. The Balaban J connectivity index is 1.93. The minimum atomic E-state index is -3.62. The molecular formula is C18H35O8PS. The molecule has 2 aliphatic heterocycles. The largest absolute Gasteiger partial charge is 0.388 e. The molecule has 0 spiro atoms. The Kier molecular flexibility index (Phi) is 9.29. The number of rotatable bonds is 10. The van der Waals surface area contributed by atoms with Gasteiger partial charge in [0.2, 0.25) is 0 Å². The van der Waals surface area contributed by atoms with Gasteiger partial charge in [-0.1, -0.05) is 0 Å². The lowest BCUT2D eigenvalue weighted by Crippen LogP contribution is -2.37. The highest BCUT2D eigenvalue weighted by Crippen LogP contribution is 2.48. The minimum Gasteiger partial charge on any atom is -0.388 e. The van der Waals surface area contributed by atoms with Crippen molar-refractivity contribution in [2.45, 2.75) is 103 Å².